The maximum Gasteiger partial charge on any atom is 0.303 e. The normalized spacial score (nSPS) is 49.1. The maximum atomic E-state index is 12.1. The number of ether oxygens (including phenoxy) is 1. The number of carbonyl (C=O) groups is 1. The van der Waals surface area contributed by atoms with Crippen molar-refractivity contribution in [2.45, 2.75) is 118 Å². The third kappa shape index (κ3) is 3.92. The predicted molar refractivity (Wildman–Crippen MR) is 136 cm³/mol. The summed E-state index contributed by atoms with van der Waals surface area (Å²) in [5, 5.41) is 22.4. The van der Waals surface area contributed by atoms with Gasteiger partial charge in [-0.3, -0.25) is 4.79 Å². The summed E-state index contributed by atoms with van der Waals surface area (Å²) in [7, 11) is 0. The van der Waals surface area contributed by atoms with E-state index in [0.29, 0.717) is 5.92 Å². The second-order valence-electron chi connectivity index (χ2n) is 13.1. The molecule has 0 saturated heterocycles. The van der Waals surface area contributed by atoms with Gasteiger partial charge >= 0.3 is 5.97 Å². The van der Waals surface area contributed by atoms with Crippen molar-refractivity contribution in [3.05, 3.63) is 23.3 Å². The Morgan fingerprint density at radius 1 is 1.03 bits per heavy atom. The van der Waals surface area contributed by atoms with Gasteiger partial charge in [0.15, 0.2) is 0 Å². The molecule has 0 radical (unpaired) electrons. The van der Waals surface area contributed by atoms with Gasteiger partial charge in [0.2, 0.25) is 0 Å². The van der Waals surface area contributed by atoms with Gasteiger partial charge in [0.05, 0.1) is 12.2 Å². The van der Waals surface area contributed by atoms with E-state index in [0.717, 1.165) is 51.4 Å². The minimum Gasteiger partial charge on any atom is -0.458 e. The molecule has 4 rings (SSSR count). The van der Waals surface area contributed by atoms with Crippen molar-refractivity contribution in [3.63, 3.8) is 0 Å². The molecule has 4 fully saturated rings. The van der Waals surface area contributed by atoms with Gasteiger partial charge in [-0.1, -0.05) is 45.4 Å². The molecule has 0 aromatic rings. The topological polar surface area (TPSA) is 66.8 Å². The molecule has 4 nitrogen and oxygen atoms in total. The molecule has 4 saturated carbocycles. The highest BCUT2D eigenvalue weighted by molar-refractivity contribution is 5.66. The van der Waals surface area contributed by atoms with Gasteiger partial charge in [-0.15, -0.1) is 0 Å². The fraction of sp³-hybridized carbons (Fsp3) is 0.833. The van der Waals surface area contributed by atoms with Crippen LogP contribution in [0.3, 0.4) is 0 Å². The number of rotatable bonds is 4. The van der Waals surface area contributed by atoms with Crippen LogP contribution in [0.1, 0.15) is 99.8 Å². The summed E-state index contributed by atoms with van der Waals surface area (Å²) in [6.45, 7) is 15.3. The Morgan fingerprint density at radius 2 is 1.74 bits per heavy atom. The van der Waals surface area contributed by atoms with Gasteiger partial charge in [-0.05, 0) is 111 Å². The molecule has 4 aliphatic rings. The standard InChI is InChI=1S/C30H48O4/c1-18(2)10-8-9-11-21-23-16-25(33)27-28(5)14-13-24(32)19(3)22(28)12-15-29(27,6)30(23,7)17-26(21)34-20(4)31/h10-11,19,22-27,32-33H,8-9,12-17H2,1-7H3/b21-11+/t19-,22-,23-,24+,25+,26-,27-,28-,29-,30-/m0/s1. The molecule has 0 heterocycles. The summed E-state index contributed by atoms with van der Waals surface area (Å²) in [4.78, 5) is 12.1. The number of aliphatic hydroxyl groups is 2. The summed E-state index contributed by atoms with van der Waals surface area (Å²) in [6, 6.07) is 0. The average molecular weight is 473 g/mol. The molecule has 0 unspecified atom stereocenters. The highest BCUT2D eigenvalue weighted by Crippen LogP contribution is 2.74. The molecule has 4 aliphatic carbocycles. The van der Waals surface area contributed by atoms with Crippen molar-refractivity contribution in [3.8, 4) is 0 Å². The largest absolute Gasteiger partial charge is 0.458 e. The second kappa shape index (κ2) is 9.07. The number of esters is 1. The van der Waals surface area contributed by atoms with E-state index in [1.54, 1.807) is 0 Å². The maximum absolute atomic E-state index is 12.1. The van der Waals surface area contributed by atoms with Crippen LogP contribution in [0, 0.1) is 39.9 Å². The lowest BCUT2D eigenvalue weighted by atomic mass is 9.36. The van der Waals surface area contributed by atoms with Crippen LogP contribution in [-0.4, -0.2) is 34.5 Å². The molecule has 0 aliphatic heterocycles. The first-order valence-corrected chi connectivity index (χ1v) is 13.7. The van der Waals surface area contributed by atoms with Crippen LogP contribution in [0.4, 0.5) is 0 Å². The first kappa shape index (κ1) is 25.9. The molecule has 0 aromatic carbocycles. The van der Waals surface area contributed by atoms with Crippen LogP contribution in [0.2, 0.25) is 0 Å². The summed E-state index contributed by atoms with van der Waals surface area (Å²) in [5.74, 6) is 0.970. The fourth-order valence-corrected chi connectivity index (χ4v) is 9.45. The van der Waals surface area contributed by atoms with Gasteiger partial charge < -0.3 is 14.9 Å². The van der Waals surface area contributed by atoms with Crippen LogP contribution in [0.5, 0.6) is 0 Å². The Morgan fingerprint density at radius 3 is 2.38 bits per heavy atom. The zero-order valence-corrected chi connectivity index (χ0v) is 22.6. The van der Waals surface area contributed by atoms with Crippen molar-refractivity contribution in [1.82, 2.24) is 0 Å². The van der Waals surface area contributed by atoms with E-state index in [-0.39, 0.29) is 58.3 Å². The molecule has 192 valence electrons. The van der Waals surface area contributed by atoms with Gasteiger partial charge in [0.25, 0.3) is 0 Å². The number of allylic oxidation sites excluding steroid dienone is 3. The monoisotopic (exact) mass is 472 g/mol. The minimum absolute atomic E-state index is 0.0212. The minimum atomic E-state index is -0.365. The van der Waals surface area contributed by atoms with Crippen molar-refractivity contribution < 1.29 is 19.7 Å². The quantitative estimate of drug-likeness (QED) is 0.290. The summed E-state index contributed by atoms with van der Waals surface area (Å²) in [6.07, 6.45) is 11.3. The first-order valence-electron chi connectivity index (χ1n) is 13.7. The van der Waals surface area contributed by atoms with E-state index >= 15 is 0 Å². The van der Waals surface area contributed by atoms with Crippen LogP contribution < -0.4 is 0 Å². The van der Waals surface area contributed by atoms with E-state index < -0.39 is 0 Å². The Balaban J connectivity index is 1.72. The number of unbranched alkanes of at least 4 members (excludes halogenated alkanes) is 1. The zero-order chi connectivity index (χ0) is 25.1. The Kier molecular flexibility index (Phi) is 6.92. The van der Waals surface area contributed by atoms with Crippen LogP contribution in [0.25, 0.3) is 0 Å². The smallest absolute Gasteiger partial charge is 0.303 e. The molecule has 0 aromatic heterocycles. The average Bonchev–Trinajstić information content (AvgIpc) is 2.99. The number of aliphatic hydroxyl groups excluding tert-OH is 2. The van der Waals surface area contributed by atoms with Crippen molar-refractivity contribution in [2.75, 3.05) is 0 Å². The van der Waals surface area contributed by atoms with E-state index in [2.05, 4.69) is 53.7 Å². The molecule has 10 atom stereocenters. The first-order chi connectivity index (χ1) is 15.8. The molecule has 34 heavy (non-hydrogen) atoms. The lowest BCUT2D eigenvalue weighted by molar-refractivity contribution is -0.234. The lowest BCUT2D eigenvalue weighted by Gasteiger charge is -2.69. The fourth-order valence-electron chi connectivity index (χ4n) is 9.45. The van der Waals surface area contributed by atoms with Gasteiger partial charge in [0, 0.05) is 6.92 Å². The zero-order valence-electron chi connectivity index (χ0n) is 22.6. The van der Waals surface area contributed by atoms with Crippen LogP contribution in [0.15, 0.2) is 23.3 Å². The third-order valence-corrected chi connectivity index (χ3v) is 11.2. The second-order valence-corrected chi connectivity index (χ2v) is 13.1. The van der Waals surface area contributed by atoms with E-state index in [4.69, 9.17) is 4.74 Å². The van der Waals surface area contributed by atoms with Crippen molar-refractivity contribution in [1.29, 1.82) is 0 Å². The molecule has 0 amide bonds. The Hall–Kier alpha value is -1.13. The van der Waals surface area contributed by atoms with Crippen LogP contribution >= 0.6 is 0 Å². The van der Waals surface area contributed by atoms with Gasteiger partial charge in [-0.25, -0.2) is 0 Å². The Bertz CT molecular complexity index is 856. The number of hydrogen-bond acceptors (Lipinski definition) is 4. The predicted octanol–water partition coefficient (Wildman–Crippen LogP) is 6.21. The molecule has 0 bridgehead atoms. The summed E-state index contributed by atoms with van der Waals surface area (Å²) < 4.78 is 5.94. The number of carbonyl (C=O) groups excluding carboxylic acids is 1. The third-order valence-electron chi connectivity index (χ3n) is 11.2. The molecule has 2 N–H and O–H groups in total. The van der Waals surface area contributed by atoms with Gasteiger partial charge in [0.1, 0.15) is 6.10 Å². The number of fused-ring (bicyclic) bond motifs is 5. The van der Waals surface area contributed by atoms with Crippen molar-refractivity contribution >= 4 is 5.97 Å². The summed E-state index contributed by atoms with van der Waals surface area (Å²) in [5.41, 5.74) is 2.56. The van der Waals surface area contributed by atoms with Crippen molar-refractivity contribution in [2.24, 2.45) is 39.9 Å². The van der Waals surface area contributed by atoms with E-state index in [1.807, 2.05) is 0 Å². The molecular weight excluding hydrogens is 424 g/mol. The number of hydrogen-bond donors (Lipinski definition) is 2. The Labute approximate surface area is 207 Å². The van der Waals surface area contributed by atoms with Crippen LogP contribution in [-0.2, 0) is 9.53 Å². The summed E-state index contributed by atoms with van der Waals surface area (Å²) >= 11 is 0. The van der Waals surface area contributed by atoms with Gasteiger partial charge in [-0.2, -0.15) is 0 Å². The molecule has 0 spiro atoms. The lowest BCUT2D eigenvalue weighted by Crippen LogP contribution is -2.65. The van der Waals surface area contributed by atoms with E-state index in [9.17, 15) is 15.0 Å². The SMILES string of the molecule is CC(=O)O[C@H]1C[C@@]2(C)[C@@H](C[C@@H](O)[C@H]3[C@@]4(C)CC[C@@H](O)[C@@H](C)[C@@H]4CC[C@@]32C)/C1=C\CCC=C(C)C. The highest BCUT2D eigenvalue weighted by atomic mass is 16.5. The highest BCUT2D eigenvalue weighted by Gasteiger charge is 2.70. The molecular formula is C30H48O4. The van der Waals surface area contributed by atoms with E-state index in [1.165, 1.54) is 18.1 Å². The molecule has 4 heteroatoms.